The number of alkyl carbamates (subject to hydrolysis) is 1. The Kier molecular flexibility index (Phi) is 6.84. The number of halogens is 1. The molecule has 23 heavy (non-hydrogen) atoms. The van der Waals surface area contributed by atoms with E-state index in [9.17, 15) is 14.4 Å². The molecule has 0 bridgehead atoms. The van der Waals surface area contributed by atoms with Gasteiger partial charge in [0.1, 0.15) is 5.75 Å². The number of ether oxygens (including phenoxy) is 3. The first-order valence-corrected chi connectivity index (χ1v) is 7.21. The fourth-order valence-electron chi connectivity index (χ4n) is 1.46. The van der Waals surface area contributed by atoms with E-state index in [1.54, 1.807) is 31.2 Å². The Balaban J connectivity index is 2.50. The highest BCUT2D eigenvalue weighted by atomic mass is 35.5. The molecule has 0 spiro atoms. The van der Waals surface area contributed by atoms with Crippen LogP contribution < -0.4 is 10.1 Å². The Labute approximate surface area is 138 Å². The van der Waals surface area contributed by atoms with Crippen LogP contribution >= 0.6 is 11.6 Å². The van der Waals surface area contributed by atoms with E-state index >= 15 is 0 Å². The first-order valence-electron chi connectivity index (χ1n) is 6.83. The van der Waals surface area contributed by atoms with Crippen LogP contribution in [0.2, 0.25) is 5.02 Å². The number of imide groups is 1. The predicted octanol–water partition coefficient (Wildman–Crippen LogP) is 2.31. The monoisotopic (exact) mass is 343 g/mol. The third kappa shape index (κ3) is 6.56. The molecule has 0 aromatic heterocycles. The molecule has 1 aromatic rings. The Hall–Kier alpha value is -2.28. The van der Waals surface area contributed by atoms with E-state index in [1.807, 2.05) is 5.32 Å². The molecule has 0 heterocycles. The maximum Gasteiger partial charge on any atom is 0.413 e. The van der Waals surface area contributed by atoms with Gasteiger partial charge in [-0.2, -0.15) is 0 Å². The summed E-state index contributed by atoms with van der Waals surface area (Å²) in [6, 6.07) is 6.44. The van der Waals surface area contributed by atoms with Crippen LogP contribution in [0.15, 0.2) is 24.3 Å². The quantitative estimate of drug-likeness (QED) is 0.797. The summed E-state index contributed by atoms with van der Waals surface area (Å²) >= 11 is 5.76. The molecule has 8 heteroatoms. The van der Waals surface area contributed by atoms with Gasteiger partial charge in [0.25, 0.3) is 5.91 Å². The maximum atomic E-state index is 12.0. The molecule has 7 nitrogen and oxygen atoms in total. The summed E-state index contributed by atoms with van der Waals surface area (Å²) < 4.78 is 14.9. The van der Waals surface area contributed by atoms with Gasteiger partial charge < -0.3 is 14.2 Å². The number of hydrogen-bond donors (Lipinski definition) is 1. The van der Waals surface area contributed by atoms with Gasteiger partial charge in [-0.25, -0.2) is 9.59 Å². The van der Waals surface area contributed by atoms with Gasteiger partial charge in [0.15, 0.2) is 12.2 Å². The lowest BCUT2D eigenvalue weighted by Crippen LogP contribution is -2.42. The lowest BCUT2D eigenvalue weighted by molar-refractivity contribution is -0.161. The van der Waals surface area contributed by atoms with Gasteiger partial charge in [0, 0.05) is 5.02 Å². The minimum Gasteiger partial charge on any atom is -0.476 e. The molecule has 0 aliphatic heterocycles. The Morgan fingerprint density at radius 2 is 1.74 bits per heavy atom. The summed E-state index contributed by atoms with van der Waals surface area (Å²) in [5, 5.41) is 2.45. The number of benzene rings is 1. The summed E-state index contributed by atoms with van der Waals surface area (Å²) in [5.74, 6) is -1.13. The molecule has 0 aliphatic rings. The minimum atomic E-state index is -1.32. The zero-order valence-electron chi connectivity index (χ0n) is 13.1. The molecule has 0 aliphatic carbocycles. The van der Waals surface area contributed by atoms with Crippen LogP contribution in [0.3, 0.4) is 0 Å². The molecule has 0 atom stereocenters. The molecule has 2 amide bonds. The van der Waals surface area contributed by atoms with Crippen molar-refractivity contribution in [1.29, 1.82) is 0 Å². The number of rotatable bonds is 6. The van der Waals surface area contributed by atoms with Crippen LogP contribution in [0.4, 0.5) is 4.79 Å². The van der Waals surface area contributed by atoms with Crippen molar-refractivity contribution in [3.05, 3.63) is 29.3 Å². The summed E-state index contributed by atoms with van der Waals surface area (Å²) in [7, 11) is 0. The predicted molar refractivity (Wildman–Crippen MR) is 82.3 cm³/mol. The van der Waals surface area contributed by atoms with E-state index in [4.69, 9.17) is 21.1 Å². The molecular formula is C15H18ClNO6. The molecule has 1 rings (SSSR count). The van der Waals surface area contributed by atoms with Crippen molar-refractivity contribution in [2.75, 3.05) is 13.2 Å². The SMILES string of the molecule is CCOC(=O)NC(=O)COC(=O)C(C)(C)Oc1ccc(Cl)cc1. The molecule has 0 saturated heterocycles. The zero-order valence-corrected chi connectivity index (χ0v) is 13.8. The molecule has 0 fully saturated rings. The fourth-order valence-corrected chi connectivity index (χ4v) is 1.59. The number of hydrogen-bond acceptors (Lipinski definition) is 6. The molecule has 126 valence electrons. The second-order valence-corrected chi connectivity index (χ2v) is 5.35. The van der Waals surface area contributed by atoms with Crippen molar-refractivity contribution < 1.29 is 28.6 Å². The van der Waals surface area contributed by atoms with Gasteiger partial charge in [-0.05, 0) is 45.0 Å². The van der Waals surface area contributed by atoms with E-state index in [0.717, 1.165) is 0 Å². The van der Waals surface area contributed by atoms with Gasteiger partial charge in [0.05, 0.1) is 6.61 Å². The molecule has 0 radical (unpaired) electrons. The summed E-state index contributed by atoms with van der Waals surface area (Å²) in [5.41, 5.74) is -1.32. The van der Waals surface area contributed by atoms with Gasteiger partial charge in [0.2, 0.25) is 0 Å². The highest BCUT2D eigenvalue weighted by molar-refractivity contribution is 6.30. The van der Waals surface area contributed by atoms with Crippen LogP contribution in [-0.4, -0.2) is 36.8 Å². The molecule has 1 aromatic carbocycles. The Bertz CT molecular complexity index is 570. The summed E-state index contributed by atoms with van der Waals surface area (Å²) in [4.78, 5) is 34.4. The second kappa shape index (κ2) is 8.38. The van der Waals surface area contributed by atoms with Gasteiger partial charge in [-0.3, -0.25) is 10.1 Å². The minimum absolute atomic E-state index is 0.126. The smallest absolute Gasteiger partial charge is 0.413 e. The summed E-state index contributed by atoms with van der Waals surface area (Å²) in [6.07, 6.45) is -0.898. The van der Waals surface area contributed by atoms with Crippen LogP contribution in [0.25, 0.3) is 0 Å². The number of amides is 2. The van der Waals surface area contributed by atoms with Crippen molar-refractivity contribution in [3.63, 3.8) is 0 Å². The van der Waals surface area contributed by atoms with Crippen LogP contribution in [0.5, 0.6) is 5.75 Å². The van der Waals surface area contributed by atoms with Crippen molar-refractivity contribution in [2.24, 2.45) is 0 Å². The topological polar surface area (TPSA) is 90.9 Å². The first-order chi connectivity index (χ1) is 10.7. The van der Waals surface area contributed by atoms with Crippen LogP contribution in [0.1, 0.15) is 20.8 Å². The van der Waals surface area contributed by atoms with E-state index in [-0.39, 0.29) is 6.61 Å². The van der Waals surface area contributed by atoms with Gasteiger partial charge in [-0.1, -0.05) is 11.6 Å². The lowest BCUT2D eigenvalue weighted by atomic mass is 10.1. The van der Waals surface area contributed by atoms with Gasteiger partial charge >= 0.3 is 12.1 Å². The molecular weight excluding hydrogens is 326 g/mol. The third-order valence-corrected chi connectivity index (χ3v) is 2.78. The molecule has 0 saturated carbocycles. The standard InChI is InChI=1S/C15H18ClNO6/c1-4-21-14(20)17-12(18)9-22-13(19)15(2,3)23-11-7-5-10(16)6-8-11/h5-8H,4,9H2,1-3H3,(H,17,18,20). The highest BCUT2D eigenvalue weighted by Gasteiger charge is 2.32. The number of carbonyl (C=O) groups is 3. The van der Waals surface area contributed by atoms with E-state index in [1.165, 1.54) is 13.8 Å². The van der Waals surface area contributed by atoms with E-state index in [2.05, 4.69) is 4.74 Å². The van der Waals surface area contributed by atoms with Crippen molar-refractivity contribution in [3.8, 4) is 5.75 Å². The van der Waals surface area contributed by atoms with Crippen molar-refractivity contribution in [1.82, 2.24) is 5.32 Å². The number of esters is 1. The number of nitrogens with one attached hydrogen (secondary N) is 1. The molecule has 0 unspecified atom stereocenters. The Morgan fingerprint density at radius 1 is 1.13 bits per heavy atom. The molecule has 1 N–H and O–H groups in total. The van der Waals surface area contributed by atoms with E-state index < -0.39 is 30.2 Å². The van der Waals surface area contributed by atoms with Crippen LogP contribution in [0, 0.1) is 0 Å². The average Bonchev–Trinajstić information content (AvgIpc) is 2.47. The Morgan fingerprint density at radius 3 is 2.30 bits per heavy atom. The number of carbonyl (C=O) groups excluding carboxylic acids is 3. The maximum absolute atomic E-state index is 12.0. The second-order valence-electron chi connectivity index (χ2n) is 4.91. The summed E-state index contributed by atoms with van der Waals surface area (Å²) in [6.45, 7) is 4.09. The van der Waals surface area contributed by atoms with Crippen LogP contribution in [-0.2, 0) is 19.1 Å². The lowest BCUT2D eigenvalue weighted by Gasteiger charge is -2.24. The third-order valence-electron chi connectivity index (χ3n) is 2.53. The normalized spacial score (nSPS) is 10.6. The first kappa shape index (κ1) is 18.8. The average molecular weight is 344 g/mol. The van der Waals surface area contributed by atoms with Crippen molar-refractivity contribution in [2.45, 2.75) is 26.4 Å². The highest BCUT2D eigenvalue weighted by Crippen LogP contribution is 2.21. The van der Waals surface area contributed by atoms with Crippen molar-refractivity contribution >= 4 is 29.6 Å². The zero-order chi connectivity index (χ0) is 17.5. The fraction of sp³-hybridized carbons (Fsp3) is 0.400. The van der Waals surface area contributed by atoms with E-state index in [0.29, 0.717) is 10.8 Å². The van der Waals surface area contributed by atoms with Gasteiger partial charge in [-0.15, -0.1) is 0 Å². The largest absolute Gasteiger partial charge is 0.476 e.